The summed E-state index contributed by atoms with van der Waals surface area (Å²) in [4.78, 5) is 16.6. The van der Waals surface area contributed by atoms with Crippen LogP contribution < -0.4 is 10.6 Å². The van der Waals surface area contributed by atoms with Gasteiger partial charge in [-0.05, 0) is 52.3 Å². The van der Waals surface area contributed by atoms with E-state index in [2.05, 4.69) is 20.4 Å². The van der Waals surface area contributed by atoms with Gasteiger partial charge in [0.1, 0.15) is 0 Å². The Bertz CT molecular complexity index is 429. The molecule has 0 aromatic rings. The van der Waals surface area contributed by atoms with Gasteiger partial charge >= 0.3 is 0 Å². The van der Waals surface area contributed by atoms with E-state index in [4.69, 9.17) is 12.2 Å². The van der Waals surface area contributed by atoms with Crippen molar-refractivity contribution < 1.29 is 4.79 Å². The fraction of sp³-hybridized carbons (Fsp3) is 0.889. The second kappa shape index (κ2) is 8.99. The number of nitrogens with one attached hydrogen (secondary N) is 2. The van der Waals surface area contributed by atoms with Crippen molar-refractivity contribution in [3.05, 3.63) is 0 Å². The monoisotopic (exact) mass is 354 g/mol. The first-order valence-corrected chi connectivity index (χ1v) is 9.83. The Morgan fingerprint density at radius 1 is 1.04 bits per heavy atom. The zero-order chi connectivity index (χ0) is 17.6. The van der Waals surface area contributed by atoms with Crippen LogP contribution in [0.25, 0.3) is 0 Å². The Balaban J connectivity index is 1.75. The van der Waals surface area contributed by atoms with Gasteiger partial charge in [-0.15, -0.1) is 0 Å². The van der Waals surface area contributed by atoms with E-state index in [9.17, 15) is 4.79 Å². The molecule has 2 fully saturated rings. The van der Waals surface area contributed by atoms with Gasteiger partial charge in [-0.25, -0.2) is 0 Å². The highest BCUT2D eigenvalue weighted by Crippen LogP contribution is 2.17. The number of rotatable bonds is 3. The molecule has 0 unspecified atom stereocenters. The molecule has 5 nitrogen and oxygen atoms in total. The molecule has 1 heterocycles. The Morgan fingerprint density at radius 2 is 1.75 bits per heavy atom. The van der Waals surface area contributed by atoms with Crippen LogP contribution in [0.4, 0.5) is 0 Å². The van der Waals surface area contributed by atoms with Crippen molar-refractivity contribution in [2.75, 3.05) is 32.7 Å². The summed E-state index contributed by atoms with van der Waals surface area (Å²) >= 11 is 5.63. The van der Waals surface area contributed by atoms with E-state index in [1.807, 2.05) is 20.8 Å². The van der Waals surface area contributed by atoms with Gasteiger partial charge < -0.3 is 15.5 Å². The van der Waals surface area contributed by atoms with Crippen LogP contribution >= 0.6 is 12.2 Å². The van der Waals surface area contributed by atoms with Gasteiger partial charge in [0.25, 0.3) is 0 Å². The highest BCUT2D eigenvalue weighted by molar-refractivity contribution is 7.80. The molecule has 0 radical (unpaired) electrons. The zero-order valence-electron chi connectivity index (χ0n) is 15.6. The topological polar surface area (TPSA) is 47.6 Å². The second-order valence-corrected chi connectivity index (χ2v) is 8.59. The maximum absolute atomic E-state index is 12.1. The third-order valence-corrected chi connectivity index (χ3v) is 5.07. The van der Waals surface area contributed by atoms with E-state index in [1.165, 1.54) is 32.1 Å². The second-order valence-electron chi connectivity index (χ2n) is 8.20. The molecular formula is C18H34N4OS. The average Bonchev–Trinajstić information content (AvgIpc) is 2.72. The van der Waals surface area contributed by atoms with Crippen LogP contribution in [0.5, 0.6) is 0 Å². The lowest BCUT2D eigenvalue weighted by molar-refractivity contribution is -0.123. The standard InChI is InChI=1S/C18H34N4OS/c1-18(2,3)20-16(23)14-21-10-7-11-22(13-12-21)17(24)19-15-8-5-4-6-9-15/h15H,4-14H2,1-3H3,(H,19,24)(H,20,23). The minimum atomic E-state index is -0.166. The lowest BCUT2D eigenvalue weighted by Gasteiger charge is -2.30. The Morgan fingerprint density at radius 3 is 2.42 bits per heavy atom. The van der Waals surface area contributed by atoms with E-state index in [1.54, 1.807) is 0 Å². The number of nitrogens with zero attached hydrogens (tertiary/aromatic N) is 2. The lowest BCUT2D eigenvalue weighted by atomic mass is 9.96. The third-order valence-electron chi connectivity index (χ3n) is 4.69. The molecule has 1 aliphatic heterocycles. The van der Waals surface area contributed by atoms with Crippen LogP contribution in [0, 0.1) is 0 Å². The van der Waals surface area contributed by atoms with E-state index >= 15 is 0 Å². The summed E-state index contributed by atoms with van der Waals surface area (Å²) in [6, 6.07) is 0.558. The number of amides is 1. The summed E-state index contributed by atoms with van der Waals surface area (Å²) in [5.41, 5.74) is -0.166. The van der Waals surface area contributed by atoms with Crippen molar-refractivity contribution in [1.29, 1.82) is 0 Å². The van der Waals surface area contributed by atoms with Crippen molar-refractivity contribution in [3.63, 3.8) is 0 Å². The molecule has 0 atom stereocenters. The molecule has 0 spiro atoms. The Kier molecular flexibility index (Phi) is 7.29. The number of carbonyl (C=O) groups is 1. The first-order valence-electron chi connectivity index (χ1n) is 9.42. The zero-order valence-corrected chi connectivity index (χ0v) is 16.4. The lowest BCUT2D eigenvalue weighted by Crippen LogP contribution is -2.48. The van der Waals surface area contributed by atoms with Crippen LogP contribution in [0.15, 0.2) is 0 Å². The van der Waals surface area contributed by atoms with Gasteiger partial charge in [0.05, 0.1) is 6.54 Å². The minimum Gasteiger partial charge on any atom is -0.360 e. The normalized spacial score (nSPS) is 21.2. The van der Waals surface area contributed by atoms with Crippen LogP contribution in [-0.2, 0) is 4.79 Å². The molecule has 1 amide bonds. The van der Waals surface area contributed by atoms with Crippen molar-refractivity contribution in [3.8, 4) is 0 Å². The maximum Gasteiger partial charge on any atom is 0.234 e. The van der Waals surface area contributed by atoms with E-state index in [-0.39, 0.29) is 11.4 Å². The summed E-state index contributed by atoms with van der Waals surface area (Å²) in [5, 5.41) is 7.51. The predicted molar refractivity (Wildman–Crippen MR) is 103 cm³/mol. The predicted octanol–water partition coefficient (Wildman–Crippen LogP) is 2.12. The van der Waals surface area contributed by atoms with Gasteiger partial charge in [0, 0.05) is 37.8 Å². The number of thiocarbonyl (C=S) groups is 1. The molecule has 1 aliphatic carbocycles. The molecule has 2 aliphatic rings. The van der Waals surface area contributed by atoms with Gasteiger partial charge in [-0.3, -0.25) is 9.69 Å². The molecule has 0 bridgehead atoms. The largest absolute Gasteiger partial charge is 0.360 e. The fourth-order valence-corrected chi connectivity index (χ4v) is 3.86. The average molecular weight is 355 g/mol. The molecule has 1 saturated carbocycles. The first kappa shape index (κ1) is 19.4. The van der Waals surface area contributed by atoms with Gasteiger partial charge in [0.15, 0.2) is 5.11 Å². The van der Waals surface area contributed by atoms with Gasteiger partial charge in [-0.2, -0.15) is 0 Å². The van der Waals surface area contributed by atoms with Crippen LogP contribution in [-0.4, -0.2) is 65.1 Å². The summed E-state index contributed by atoms with van der Waals surface area (Å²) in [6.45, 7) is 10.3. The van der Waals surface area contributed by atoms with Crippen molar-refractivity contribution >= 4 is 23.2 Å². The number of hydrogen-bond acceptors (Lipinski definition) is 3. The summed E-state index contributed by atoms with van der Waals surface area (Å²) in [6.07, 6.45) is 7.53. The minimum absolute atomic E-state index is 0.110. The van der Waals surface area contributed by atoms with E-state index < -0.39 is 0 Å². The molecule has 2 rings (SSSR count). The highest BCUT2D eigenvalue weighted by atomic mass is 32.1. The maximum atomic E-state index is 12.1. The van der Waals surface area contributed by atoms with Crippen molar-refractivity contribution in [2.45, 2.75) is 70.9 Å². The molecule has 0 aromatic carbocycles. The van der Waals surface area contributed by atoms with Crippen LogP contribution in [0.2, 0.25) is 0 Å². The fourth-order valence-electron chi connectivity index (χ4n) is 3.51. The number of carbonyl (C=O) groups excluding carboxylic acids is 1. The Labute approximate surface area is 152 Å². The molecule has 2 N–H and O–H groups in total. The molecule has 138 valence electrons. The quantitative estimate of drug-likeness (QED) is 0.760. The smallest absolute Gasteiger partial charge is 0.234 e. The molecule has 1 saturated heterocycles. The van der Waals surface area contributed by atoms with Crippen LogP contribution in [0.1, 0.15) is 59.3 Å². The summed E-state index contributed by atoms with van der Waals surface area (Å²) in [7, 11) is 0. The van der Waals surface area contributed by atoms with E-state index in [0.29, 0.717) is 12.6 Å². The highest BCUT2D eigenvalue weighted by Gasteiger charge is 2.22. The van der Waals surface area contributed by atoms with E-state index in [0.717, 1.165) is 37.7 Å². The van der Waals surface area contributed by atoms with Crippen molar-refractivity contribution in [1.82, 2.24) is 20.4 Å². The molecule has 6 heteroatoms. The molecular weight excluding hydrogens is 320 g/mol. The van der Waals surface area contributed by atoms with Gasteiger partial charge in [0.2, 0.25) is 5.91 Å². The van der Waals surface area contributed by atoms with Crippen molar-refractivity contribution in [2.24, 2.45) is 0 Å². The SMILES string of the molecule is CC(C)(C)NC(=O)CN1CCCN(C(=S)NC2CCCCC2)CC1. The number of hydrogen-bond donors (Lipinski definition) is 2. The van der Waals surface area contributed by atoms with Crippen LogP contribution in [0.3, 0.4) is 0 Å². The van der Waals surface area contributed by atoms with Gasteiger partial charge in [-0.1, -0.05) is 19.3 Å². The first-order chi connectivity index (χ1) is 11.3. The molecule has 24 heavy (non-hydrogen) atoms. The summed E-state index contributed by atoms with van der Waals surface area (Å²) in [5.74, 6) is 0.110. The Hall–Kier alpha value is -0.880. The summed E-state index contributed by atoms with van der Waals surface area (Å²) < 4.78 is 0. The molecule has 0 aromatic heterocycles. The third kappa shape index (κ3) is 6.93.